The third-order valence-corrected chi connectivity index (χ3v) is 6.07. The van der Waals surface area contributed by atoms with Gasteiger partial charge in [0.05, 0.1) is 20.1 Å². The Morgan fingerprint density at radius 2 is 1.90 bits per heavy atom. The highest BCUT2D eigenvalue weighted by Gasteiger charge is 2.28. The van der Waals surface area contributed by atoms with Crippen molar-refractivity contribution in [1.82, 2.24) is 9.80 Å². The van der Waals surface area contributed by atoms with Crippen molar-refractivity contribution in [2.24, 2.45) is 5.92 Å². The van der Waals surface area contributed by atoms with Gasteiger partial charge in [0.1, 0.15) is 0 Å². The fraction of sp³-hybridized carbons (Fsp3) is 0.480. The molecule has 1 aliphatic rings. The molecule has 2 aromatic carbocycles. The standard InChI is InChI=1S/C25H34N2O3/c1-19-8-5-6-9-21(19)17-27-14-7-10-22(18-27)25(28)26(2)15-13-20-11-12-23(29-3)24(16-20)30-4/h5-6,8-9,11-12,16,22H,7,10,13-15,17-18H2,1-4H3/t22-/m0/s1. The fourth-order valence-electron chi connectivity index (χ4n) is 4.18. The lowest BCUT2D eigenvalue weighted by molar-refractivity contribution is -0.136. The topological polar surface area (TPSA) is 42.0 Å². The summed E-state index contributed by atoms with van der Waals surface area (Å²) in [6.07, 6.45) is 2.85. The van der Waals surface area contributed by atoms with Crippen LogP contribution in [0.25, 0.3) is 0 Å². The van der Waals surface area contributed by atoms with E-state index in [1.807, 2.05) is 30.1 Å². The maximum atomic E-state index is 13.1. The summed E-state index contributed by atoms with van der Waals surface area (Å²) >= 11 is 0. The van der Waals surface area contributed by atoms with Gasteiger partial charge in [-0.1, -0.05) is 30.3 Å². The Hall–Kier alpha value is -2.53. The lowest BCUT2D eigenvalue weighted by Gasteiger charge is -2.34. The van der Waals surface area contributed by atoms with Crippen molar-refractivity contribution < 1.29 is 14.3 Å². The number of likely N-dealkylation sites (tertiary alicyclic amines) is 1. The largest absolute Gasteiger partial charge is 0.493 e. The molecule has 0 aromatic heterocycles. The number of carbonyl (C=O) groups excluding carboxylic acids is 1. The van der Waals surface area contributed by atoms with Crippen LogP contribution in [0.4, 0.5) is 0 Å². The number of hydrogen-bond donors (Lipinski definition) is 0. The van der Waals surface area contributed by atoms with E-state index in [4.69, 9.17) is 9.47 Å². The molecule has 0 spiro atoms. The van der Waals surface area contributed by atoms with Gasteiger partial charge >= 0.3 is 0 Å². The van der Waals surface area contributed by atoms with Crippen LogP contribution < -0.4 is 9.47 Å². The molecule has 0 aliphatic carbocycles. The summed E-state index contributed by atoms with van der Waals surface area (Å²) < 4.78 is 10.7. The van der Waals surface area contributed by atoms with E-state index in [2.05, 4.69) is 36.1 Å². The molecular weight excluding hydrogens is 376 g/mol. The number of hydrogen-bond acceptors (Lipinski definition) is 4. The second kappa shape index (κ2) is 10.5. The van der Waals surface area contributed by atoms with E-state index in [0.29, 0.717) is 6.54 Å². The van der Waals surface area contributed by atoms with Crippen molar-refractivity contribution in [1.29, 1.82) is 0 Å². The Balaban J connectivity index is 1.54. The lowest BCUT2D eigenvalue weighted by Crippen LogP contribution is -2.43. The van der Waals surface area contributed by atoms with Crippen LogP contribution in [0.1, 0.15) is 29.5 Å². The summed E-state index contributed by atoms with van der Waals surface area (Å²) in [5.74, 6) is 1.79. The van der Waals surface area contributed by atoms with Gasteiger partial charge < -0.3 is 14.4 Å². The molecule has 1 aliphatic heterocycles. The molecule has 1 atom stereocenters. The molecule has 1 amide bonds. The molecule has 1 heterocycles. The van der Waals surface area contributed by atoms with Gasteiger partial charge in [0.2, 0.25) is 5.91 Å². The molecule has 3 rings (SSSR count). The van der Waals surface area contributed by atoms with Crippen LogP contribution in [-0.4, -0.2) is 56.6 Å². The van der Waals surface area contributed by atoms with Crippen molar-refractivity contribution in [2.45, 2.75) is 32.7 Å². The van der Waals surface area contributed by atoms with Crippen molar-refractivity contribution in [3.63, 3.8) is 0 Å². The quantitative estimate of drug-likeness (QED) is 0.661. The van der Waals surface area contributed by atoms with E-state index in [-0.39, 0.29) is 11.8 Å². The first-order chi connectivity index (χ1) is 14.5. The number of aryl methyl sites for hydroxylation is 1. The molecule has 0 saturated carbocycles. The van der Waals surface area contributed by atoms with Crippen LogP contribution in [0.15, 0.2) is 42.5 Å². The Bertz CT molecular complexity index is 852. The number of amides is 1. The summed E-state index contributed by atoms with van der Waals surface area (Å²) in [6.45, 7) is 5.68. The Kier molecular flexibility index (Phi) is 7.75. The van der Waals surface area contributed by atoms with Crippen LogP contribution in [0.3, 0.4) is 0 Å². The second-order valence-corrected chi connectivity index (χ2v) is 8.20. The second-order valence-electron chi connectivity index (χ2n) is 8.20. The maximum absolute atomic E-state index is 13.1. The Morgan fingerprint density at radius 1 is 1.13 bits per heavy atom. The molecule has 5 nitrogen and oxygen atoms in total. The number of benzene rings is 2. The van der Waals surface area contributed by atoms with Gasteiger partial charge in [0, 0.05) is 26.7 Å². The summed E-state index contributed by atoms with van der Waals surface area (Å²) in [6, 6.07) is 14.5. The number of nitrogens with zero attached hydrogens (tertiary/aromatic N) is 2. The number of piperidine rings is 1. The average Bonchev–Trinajstić information content (AvgIpc) is 2.78. The van der Waals surface area contributed by atoms with Crippen molar-refractivity contribution in [2.75, 3.05) is 40.9 Å². The molecule has 1 fully saturated rings. The zero-order valence-corrected chi connectivity index (χ0v) is 18.7. The molecule has 5 heteroatoms. The SMILES string of the molecule is COc1ccc(CCN(C)C(=O)[C@H]2CCCN(Cc3ccccc3C)C2)cc1OC. The smallest absolute Gasteiger partial charge is 0.226 e. The van der Waals surface area contributed by atoms with E-state index in [0.717, 1.165) is 56.0 Å². The molecule has 2 aromatic rings. The van der Waals surface area contributed by atoms with Gasteiger partial charge in [-0.25, -0.2) is 0 Å². The van der Waals surface area contributed by atoms with Crippen molar-refractivity contribution >= 4 is 5.91 Å². The van der Waals surface area contributed by atoms with E-state index in [1.165, 1.54) is 11.1 Å². The number of methoxy groups -OCH3 is 2. The Labute approximate surface area is 180 Å². The number of carbonyl (C=O) groups is 1. The first kappa shape index (κ1) is 22.2. The van der Waals surface area contributed by atoms with E-state index < -0.39 is 0 Å². The van der Waals surface area contributed by atoms with Crippen molar-refractivity contribution in [3.8, 4) is 11.5 Å². The molecule has 0 N–H and O–H groups in total. The van der Waals surface area contributed by atoms with Gasteiger partial charge in [0.15, 0.2) is 11.5 Å². The molecule has 1 saturated heterocycles. The minimum atomic E-state index is 0.0816. The molecule has 0 radical (unpaired) electrons. The molecule has 0 bridgehead atoms. The Morgan fingerprint density at radius 3 is 2.63 bits per heavy atom. The van der Waals surface area contributed by atoms with E-state index in [9.17, 15) is 4.79 Å². The van der Waals surface area contributed by atoms with Crippen LogP contribution in [0.5, 0.6) is 11.5 Å². The zero-order valence-electron chi connectivity index (χ0n) is 18.7. The van der Waals surface area contributed by atoms with E-state index in [1.54, 1.807) is 14.2 Å². The zero-order chi connectivity index (χ0) is 21.5. The highest BCUT2D eigenvalue weighted by Crippen LogP contribution is 2.28. The fourth-order valence-corrected chi connectivity index (χ4v) is 4.18. The van der Waals surface area contributed by atoms with Gasteiger partial charge in [-0.3, -0.25) is 9.69 Å². The minimum Gasteiger partial charge on any atom is -0.493 e. The van der Waals surface area contributed by atoms with Gasteiger partial charge in [-0.2, -0.15) is 0 Å². The number of ether oxygens (including phenoxy) is 2. The summed E-state index contributed by atoms with van der Waals surface area (Å²) in [5, 5.41) is 0. The minimum absolute atomic E-state index is 0.0816. The predicted octanol–water partition coefficient (Wildman–Crippen LogP) is 3.93. The maximum Gasteiger partial charge on any atom is 0.226 e. The third kappa shape index (κ3) is 5.54. The molecule has 30 heavy (non-hydrogen) atoms. The van der Waals surface area contributed by atoms with E-state index >= 15 is 0 Å². The third-order valence-electron chi connectivity index (χ3n) is 6.07. The highest BCUT2D eigenvalue weighted by atomic mass is 16.5. The predicted molar refractivity (Wildman–Crippen MR) is 120 cm³/mol. The molecular formula is C25H34N2O3. The lowest BCUT2D eigenvalue weighted by atomic mass is 9.95. The van der Waals surface area contributed by atoms with Gasteiger partial charge in [0.25, 0.3) is 0 Å². The van der Waals surface area contributed by atoms with Gasteiger partial charge in [-0.15, -0.1) is 0 Å². The first-order valence-corrected chi connectivity index (χ1v) is 10.7. The highest BCUT2D eigenvalue weighted by molar-refractivity contribution is 5.79. The summed E-state index contributed by atoms with van der Waals surface area (Å²) in [7, 11) is 5.20. The number of likely N-dealkylation sites (N-methyl/N-ethyl adjacent to an activating group) is 1. The average molecular weight is 411 g/mol. The first-order valence-electron chi connectivity index (χ1n) is 10.7. The summed E-state index contributed by atoms with van der Waals surface area (Å²) in [4.78, 5) is 17.4. The van der Waals surface area contributed by atoms with Crippen LogP contribution in [0.2, 0.25) is 0 Å². The van der Waals surface area contributed by atoms with Crippen LogP contribution in [0, 0.1) is 12.8 Å². The normalized spacial score (nSPS) is 16.9. The van der Waals surface area contributed by atoms with Crippen LogP contribution >= 0.6 is 0 Å². The number of rotatable bonds is 8. The monoisotopic (exact) mass is 410 g/mol. The van der Waals surface area contributed by atoms with Crippen LogP contribution in [-0.2, 0) is 17.8 Å². The van der Waals surface area contributed by atoms with Gasteiger partial charge in [-0.05, 0) is 61.6 Å². The molecule has 0 unspecified atom stereocenters. The molecule has 162 valence electrons. The summed E-state index contributed by atoms with van der Waals surface area (Å²) in [5.41, 5.74) is 3.81. The van der Waals surface area contributed by atoms with Crippen molar-refractivity contribution in [3.05, 3.63) is 59.2 Å².